The van der Waals surface area contributed by atoms with Crippen LogP contribution in [0.25, 0.3) is 0 Å². The van der Waals surface area contributed by atoms with Gasteiger partial charge in [-0.1, -0.05) is 12.2 Å². The molecule has 178 valence electrons. The first-order chi connectivity index (χ1) is 15.0. The maximum absolute atomic E-state index is 12.2. The number of rotatable bonds is 9. The van der Waals surface area contributed by atoms with Gasteiger partial charge in [0.15, 0.2) is 18.3 Å². The van der Waals surface area contributed by atoms with Crippen molar-refractivity contribution in [3.05, 3.63) is 24.0 Å². The summed E-state index contributed by atoms with van der Waals surface area (Å²) >= 11 is 0. The minimum absolute atomic E-state index is 0.187. The molecule has 0 radical (unpaired) electrons. The molecule has 1 amide bonds. The van der Waals surface area contributed by atoms with Gasteiger partial charge in [0, 0.05) is 33.6 Å². The zero-order chi connectivity index (χ0) is 24.4. The van der Waals surface area contributed by atoms with E-state index in [0.717, 1.165) is 27.9 Å². The minimum atomic E-state index is -1.35. The van der Waals surface area contributed by atoms with E-state index in [-0.39, 0.29) is 5.76 Å². The van der Waals surface area contributed by atoms with Crippen LogP contribution in [-0.2, 0) is 47.7 Å². The van der Waals surface area contributed by atoms with E-state index in [4.69, 9.17) is 23.7 Å². The lowest BCUT2D eigenvalue weighted by Crippen LogP contribution is -2.59. The van der Waals surface area contributed by atoms with E-state index in [1.807, 2.05) is 0 Å². The van der Waals surface area contributed by atoms with Crippen LogP contribution in [0.5, 0.6) is 0 Å². The first-order valence-electron chi connectivity index (χ1n) is 9.84. The third-order valence-electron chi connectivity index (χ3n) is 4.31. The lowest BCUT2D eigenvalue weighted by molar-refractivity contribution is -0.188. The van der Waals surface area contributed by atoms with Gasteiger partial charge in [-0.3, -0.25) is 19.2 Å². The number of allylic oxidation sites excluding steroid dienone is 1. The van der Waals surface area contributed by atoms with Crippen LogP contribution in [0.1, 0.15) is 34.6 Å². The number of amides is 1. The summed E-state index contributed by atoms with van der Waals surface area (Å²) < 4.78 is 26.1. The molecule has 0 unspecified atom stereocenters. The van der Waals surface area contributed by atoms with Crippen LogP contribution in [0.4, 0.5) is 0 Å². The van der Waals surface area contributed by atoms with E-state index in [9.17, 15) is 24.0 Å². The van der Waals surface area contributed by atoms with E-state index in [1.54, 1.807) is 19.1 Å². The Morgan fingerprint density at radius 2 is 1.69 bits per heavy atom. The zero-order valence-electron chi connectivity index (χ0n) is 18.9. The Labute approximate surface area is 186 Å². The lowest BCUT2D eigenvalue weighted by Gasteiger charge is -2.41. The second-order valence-electron chi connectivity index (χ2n) is 6.96. The molecule has 1 N–H and O–H groups in total. The molecule has 11 heteroatoms. The third-order valence-corrected chi connectivity index (χ3v) is 4.31. The van der Waals surface area contributed by atoms with Gasteiger partial charge in [-0.25, -0.2) is 4.79 Å². The molecule has 5 atom stereocenters. The van der Waals surface area contributed by atoms with Crippen LogP contribution in [0, 0.1) is 5.92 Å². The molecule has 1 rings (SSSR count). The van der Waals surface area contributed by atoms with Crippen molar-refractivity contribution in [3.63, 3.8) is 0 Å². The first kappa shape index (κ1) is 26.7. The van der Waals surface area contributed by atoms with Crippen molar-refractivity contribution < 1.29 is 47.7 Å². The van der Waals surface area contributed by atoms with Crippen molar-refractivity contribution in [3.8, 4) is 0 Å². The van der Waals surface area contributed by atoms with Gasteiger partial charge in [-0.15, -0.1) is 0 Å². The minimum Gasteiger partial charge on any atom is -0.477 e. The average molecular weight is 455 g/mol. The molecule has 1 heterocycles. The summed E-state index contributed by atoms with van der Waals surface area (Å²) in [4.78, 5) is 59.1. The van der Waals surface area contributed by atoms with Gasteiger partial charge in [0.05, 0.1) is 13.2 Å². The van der Waals surface area contributed by atoms with E-state index in [0.29, 0.717) is 0 Å². The molecule has 0 spiro atoms. The maximum Gasteiger partial charge on any atom is 0.373 e. The average Bonchev–Trinajstić information content (AvgIpc) is 2.69. The van der Waals surface area contributed by atoms with Gasteiger partial charge >= 0.3 is 23.9 Å². The Bertz CT molecular complexity index is 787. The van der Waals surface area contributed by atoms with E-state index < -0.39 is 66.7 Å². The summed E-state index contributed by atoms with van der Waals surface area (Å²) in [5.41, 5.74) is 0. The van der Waals surface area contributed by atoms with Crippen molar-refractivity contribution in [1.29, 1.82) is 0 Å². The molecule has 0 aromatic heterocycles. The molecule has 0 bridgehead atoms. The molecular formula is C21H29NO10. The zero-order valence-corrected chi connectivity index (χ0v) is 18.9. The number of hydrogen-bond donors (Lipinski definition) is 1. The second kappa shape index (κ2) is 12.5. The summed E-state index contributed by atoms with van der Waals surface area (Å²) in [6, 6.07) is -0.836. The maximum atomic E-state index is 12.2. The predicted octanol–water partition coefficient (Wildman–Crippen LogP) is 0.566. The van der Waals surface area contributed by atoms with Gasteiger partial charge in [0.25, 0.3) is 0 Å². The SMILES string of the molecule is C/C=C/[C@@H]1C=C(C(=O)OC)O[C@@H]([C@H](OC(C)=O)[C@@H](COC(C)=O)OC(C)=O)[C@@H]1NC(C)=O. The van der Waals surface area contributed by atoms with Gasteiger partial charge in [-0.05, 0) is 13.0 Å². The molecule has 0 saturated heterocycles. The number of hydrogen-bond acceptors (Lipinski definition) is 10. The van der Waals surface area contributed by atoms with E-state index in [1.165, 1.54) is 13.0 Å². The molecule has 0 aromatic carbocycles. The standard InChI is InChI=1S/C21H29NO10/c1-7-8-15-9-16(21(27)28-6)32-20(18(15)22-11(2)23)19(31-14(5)26)17(30-13(4)25)10-29-12(3)24/h7-9,15,17-20H,10H2,1-6H3,(H,22,23)/b8-7+/t15-,17-,18-,19-,20-/m1/s1. The van der Waals surface area contributed by atoms with Crippen LogP contribution in [-0.4, -0.2) is 67.9 Å². The monoisotopic (exact) mass is 455 g/mol. The van der Waals surface area contributed by atoms with Gasteiger partial charge < -0.3 is 29.0 Å². The number of nitrogens with one attached hydrogen (secondary N) is 1. The van der Waals surface area contributed by atoms with Crippen LogP contribution in [0.3, 0.4) is 0 Å². The lowest BCUT2D eigenvalue weighted by atomic mass is 9.86. The molecular weight excluding hydrogens is 426 g/mol. The van der Waals surface area contributed by atoms with Crippen molar-refractivity contribution >= 4 is 29.8 Å². The second-order valence-corrected chi connectivity index (χ2v) is 6.96. The highest BCUT2D eigenvalue weighted by atomic mass is 16.6. The van der Waals surface area contributed by atoms with Crippen molar-refractivity contribution in [2.45, 2.75) is 59.0 Å². The molecule has 0 aromatic rings. The Kier molecular flexibility index (Phi) is 10.4. The smallest absolute Gasteiger partial charge is 0.373 e. The molecule has 0 fully saturated rings. The molecule has 32 heavy (non-hydrogen) atoms. The number of ether oxygens (including phenoxy) is 5. The fourth-order valence-electron chi connectivity index (χ4n) is 3.21. The summed E-state index contributed by atoms with van der Waals surface area (Å²) in [5.74, 6) is -4.12. The highest BCUT2D eigenvalue weighted by molar-refractivity contribution is 5.86. The van der Waals surface area contributed by atoms with Gasteiger partial charge in [0.2, 0.25) is 11.7 Å². The number of carbonyl (C=O) groups is 5. The highest BCUT2D eigenvalue weighted by Crippen LogP contribution is 2.30. The molecule has 1 aliphatic rings. The molecule has 1 aliphatic heterocycles. The topological polar surface area (TPSA) is 144 Å². The Morgan fingerprint density at radius 3 is 2.16 bits per heavy atom. The fourth-order valence-corrected chi connectivity index (χ4v) is 3.21. The number of esters is 4. The normalized spacial score (nSPS) is 21.9. The van der Waals surface area contributed by atoms with Crippen LogP contribution < -0.4 is 5.32 Å². The molecule has 0 aliphatic carbocycles. The quantitative estimate of drug-likeness (QED) is 0.298. The fraction of sp³-hybridized carbons (Fsp3) is 0.571. The molecule has 11 nitrogen and oxygen atoms in total. The van der Waals surface area contributed by atoms with Gasteiger partial charge in [0.1, 0.15) is 6.61 Å². The van der Waals surface area contributed by atoms with Crippen LogP contribution in [0.2, 0.25) is 0 Å². The van der Waals surface area contributed by atoms with Gasteiger partial charge in [-0.2, -0.15) is 0 Å². The van der Waals surface area contributed by atoms with Crippen molar-refractivity contribution in [2.24, 2.45) is 5.92 Å². The predicted molar refractivity (Wildman–Crippen MR) is 109 cm³/mol. The summed E-state index contributed by atoms with van der Waals surface area (Å²) in [6.07, 6.45) is 1.02. The van der Waals surface area contributed by atoms with Crippen molar-refractivity contribution in [2.75, 3.05) is 13.7 Å². The Balaban J connectivity index is 3.56. The third kappa shape index (κ3) is 8.05. The number of methoxy groups -OCH3 is 1. The Hall–Kier alpha value is -3.37. The first-order valence-corrected chi connectivity index (χ1v) is 9.84. The summed E-state index contributed by atoms with van der Waals surface area (Å²) in [6.45, 7) is 5.98. The van der Waals surface area contributed by atoms with E-state index in [2.05, 4.69) is 5.32 Å². The number of carbonyl (C=O) groups excluding carboxylic acids is 5. The van der Waals surface area contributed by atoms with Crippen LogP contribution >= 0.6 is 0 Å². The Morgan fingerprint density at radius 1 is 1.06 bits per heavy atom. The molecule has 0 saturated carbocycles. The van der Waals surface area contributed by atoms with Crippen LogP contribution in [0.15, 0.2) is 24.0 Å². The summed E-state index contributed by atoms with van der Waals surface area (Å²) in [5, 5.41) is 2.72. The highest BCUT2D eigenvalue weighted by Gasteiger charge is 2.47. The van der Waals surface area contributed by atoms with Crippen molar-refractivity contribution in [1.82, 2.24) is 5.32 Å². The van der Waals surface area contributed by atoms with E-state index >= 15 is 0 Å². The largest absolute Gasteiger partial charge is 0.477 e. The summed E-state index contributed by atoms with van der Waals surface area (Å²) in [7, 11) is 1.16.